The third-order valence-corrected chi connectivity index (χ3v) is 2.66. The molecule has 100 valence electrons. The molecule has 0 aliphatic carbocycles. The highest BCUT2D eigenvalue weighted by atomic mass is 19.1. The summed E-state index contributed by atoms with van der Waals surface area (Å²) in [7, 11) is 0. The van der Waals surface area contributed by atoms with E-state index in [9.17, 15) is 23.2 Å². The van der Waals surface area contributed by atoms with E-state index in [-0.39, 0.29) is 11.3 Å². The summed E-state index contributed by atoms with van der Waals surface area (Å²) in [5.74, 6) is -4.57. The van der Waals surface area contributed by atoms with E-state index < -0.39 is 35.8 Å². The van der Waals surface area contributed by atoms with E-state index in [0.29, 0.717) is 12.6 Å². The maximum Gasteiger partial charge on any atom is 0.300 e. The van der Waals surface area contributed by atoms with Gasteiger partial charge in [0, 0.05) is 12.6 Å². The number of carbonyl (C=O) groups is 3. The number of nitrogens with zero attached hydrogens (tertiary/aromatic N) is 1. The lowest BCUT2D eigenvalue weighted by Crippen LogP contribution is -2.40. The summed E-state index contributed by atoms with van der Waals surface area (Å²) in [6.07, 6.45) is 0. The van der Waals surface area contributed by atoms with Crippen molar-refractivity contribution in [3.63, 3.8) is 0 Å². The third kappa shape index (κ3) is 2.18. The van der Waals surface area contributed by atoms with Gasteiger partial charge in [-0.25, -0.2) is 8.78 Å². The number of rotatable bonds is 3. The Balaban J connectivity index is 2.41. The predicted octanol–water partition coefficient (Wildman–Crippen LogP) is 0.630. The zero-order chi connectivity index (χ0) is 14.2. The Kier molecular flexibility index (Phi) is 3.28. The molecule has 1 aromatic carbocycles. The van der Waals surface area contributed by atoms with Gasteiger partial charge < -0.3 is 5.32 Å². The van der Waals surface area contributed by atoms with Gasteiger partial charge in [0.05, 0.1) is 11.3 Å². The van der Waals surface area contributed by atoms with Gasteiger partial charge in [-0.3, -0.25) is 19.3 Å². The molecule has 7 heteroatoms. The Labute approximate surface area is 107 Å². The van der Waals surface area contributed by atoms with Crippen LogP contribution in [0.4, 0.5) is 14.5 Å². The van der Waals surface area contributed by atoms with Gasteiger partial charge in [-0.05, 0) is 13.0 Å². The fourth-order valence-corrected chi connectivity index (χ4v) is 1.90. The first kappa shape index (κ1) is 13.1. The minimum absolute atomic E-state index is 0.341. The molecule has 1 heterocycles. The first-order valence-corrected chi connectivity index (χ1v) is 5.57. The van der Waals surface area contributed by atoms with Crippen LogP contribution in [0.2, 0.25) is 0 Å². The van der Waals surface area contributed by atoms with Crippen molar-refractivity contribution in [2.24, 2.45) is 0 Å². The summed E-state index contributed by atoms with van der Waals surface area (Å²) < 4.78 is 26.7. The monoisotopic (exact) mass is 268 g/mol. The molecule has 5 nitrogen and oxygen atoms in total. The van der Waals surface area contributed by atoms with Gasteiger partial charge in [-0.2, -0.15) is 0 Å². The summed E-state index contributed by atoms with van der Waals surface area (Å²) >= 11 is 0. The molecular weight excluding hydrogens is 258 g/mol. The number of likely N-dealkylation sites (N-methyl/N-ethyl adjacent to an activating group) is 1. The molecule has 0 bridgehead atoms. The van der Waals surface area contributed by atoms with Crippen LogP contribution in [0.15, 0.2) is 12.1 Å². The molecule has 0 atom stereocenters. The fourth-order valence-electron chi connectivity index (χ4n) is 1.90. The largest absolute Gasteiger partial charge is 0.355 e. The van der Waals surface area contributed by atoms with Crippen molar-refractivity contribution < 1.29 is 23.2 Å². The number of ketones is 1. The second kappa shape index (κ2) is 4.75. The van der Waals surface area contributed by atoms with Crippen molar-refractivity contribution in [2.45, 2.75) is 6.92 Å². The second-order valence-electron chi connectivity index (χ2n) is 3.96. The minimum Gasteiger partial charge on any atom is -0.355 e. The molecule has 0 saturated carbocycles. The molecule has 0 saturated heterocycles. The Morgan fingerprint density at radius 3 is 2.63 bits per heavy atom. The van der Waals surface area contributed by atoms with Gasteiger partial charge in [-0.15, -0.1) is 0 Å². The van der Waals surface area contributed by atoms with E-state index in [1.165, 1.54) is 0 Å². The van der Waals surface area contributed by atoms with Crippen molar-refractivity contribution >= 4 is 23.3 Å². The molecule has 0 aromatic heterocycles. The quantitative estimate of drug-likeness (QED) is 0.818. The van der Waals surface area contributed by atoms with Gasteiger partial charge >= 0.3 is 0 Å². The maximum atomic E-state index is 13.7. The van der Waals surface area contributed by atoms with Gasteiger partial charge in [0.15, 0.2) is 5.82 Å². The molecule has 1 aliphatic rings. The Hall–Kier alpha value is -2.31. The topological polar surface area (TPSA) is 66.5 Å². The standard InChI is InChI=1S/C12H10F2N2O3/c1-2-15-9(17)5-16-10-7(11(18)12(16)19)3-6(13)4-8(10)14/h3-4H,2,5H2,1H3,(H,15,17). The molecule has 1 aromatic rings. The van der Waals surface area contributed by atoms with Crippen molar-refractivity contribution in [1.82, 2.24) is 5.32 Å². The van der Waals surface area contributed by atoms with Crippen molar-refractivity contribution in [1.29, 1.82) is 0 Å². The highest BCUT2D eigenvalue weighted by Crippen LogP contribution is 2.32. The molecule has 0 fully saturated rings. The van der Waals surface area contributed by atoms with Gasteiger partial charge in [0.1, 0.15) is 12.4 Å². The molecule has 0 unspecified atom stereocenters. The first-order valence-electron chi connectivity index (χ1n) is 5.57. The van der Waals surface area contributed by atoms with Gasteiger partial charge in [0.25, 0.3) is 11.7 Å². The zero-order valence-corrected chi connectivity index (χ0v) is 10.00. The smallest absolute Gasteiger partial charge is 0.300 e. The van der Waals surface area contributed by atoms with E-state index in [0.717, 1.165) is 11.0 Å². The molecule has 0 radical (unpaired) electrons. The predicted molar refractivity (Wildman–Crippen MR) is 61.7 cm³/mol. The highest BCUT2D eigenvalue weighted by molar-refractivity contribution is 6.52. The summed E-state index contributed by atoms with van der Waals surface area (Å²) in [5.41, 5.74) is -0.700. The highest BCUT2D eigenvalue weighted by Gasteiger charge is 2.39. The number of nitrogens with one attached hydrogen (secondary N) is 1. The van der Waals surface area contributed by atoms with Crippen LogP contribution in [0.1, 0.15) is 17.3 Å². The number of fused-ring (bicyclic) bond motifs is 1. The number of benzene rings is 1. The van der Waals surface area contributed by atoms with Crippen molar-refractivity contribution in [2.75, 3.05) is 18.0 Å². The van der Waals surface area contributed by atoms with E-state index in [4.69, 9.17) is 0 Å². The molecule has 1 N–H and O–H groups in total. The van der Waals surface area contributed by atoms with Crippen molar-refractivity contribution in [3.8, 4) is 0 Å². The summed E-state index contributed by atoms with van der Waals surface area (Å²) in [6.45, 7) is 1.54. The van der Waals surface area contributed by atoms with Crippen LogP contribution in [0.3, 0.4) is 0 Å². The van der Waals surface area contributed by atoms with Gasteiger partial charge in [0.2, 0.25) is 5.91 Å². The normalized spacial score (nSPS) is 13.7. The number of anilines is 1. The van der Waals surface area contributed by atoms with Crippen LogP contribution in [0.5, 0.6) is 0 Å². The first-order chi connectivity index (χ1) is 8.95. The van der Waals surface area contributed by atoms with Crippen LogP contribution < -0.4 is 10.2 Å². The van der Waals surface area contributed by atoms with Gasteiger partial charge in [-0.1, -0.05) is 0 Å². The van der Waals surface area contributed by atoms with Crippen molar-refractivity contribution in [3.05, 3.63) is 29.3 Å². The second-order valence-corrected chi connectivity index (χ2v) is 3.96. The minimum atomic E-state index is -1.04. The lowest BCUT2D eigenvalue weighted by molar-refractivity contribution is -0.122. The Morgan fingerprint density at radius 1 is 1.32 bits per heavy atom. The summed E-state index contributed by atoms with van der Waals surface area (Å²) in [4.78, 5) is 35.4. The maximum absolute atomic E-state index is 13.7. The summed E-state index contributed by atoms with van der Waals surface area (Å²) in [6, 6.07) is 1.35. The number of carbonyl (C=O) groups excluding carboxylic acids is 3. The molecule has 2 rings (SSSR count). The number of amides is 2. The zero-order valence-electron chi connectivity index (χ0n) is 10.00. The lowest BCUT2D eigenvalue weighted by Gasteiger charge is -2.16. The fraction of sp³-hybridized carbons (Fsp3) is 0.250. The Bertz CT molecular complexity index is 587. The third-order valence-electron chi connectivity index (χ3n) is 2.66. The van der Waals surface area contributed by atoms with E-state index in [1.807, 2.05) is 0 Å². The van der Waals surface area contributed by atoms with Crippen LogP contribution in [0, 0.1) is 11.6 Å². The van der Waals surface area contributed by atoms with Crippen LogP contribution in [-0.4, -0.2) is 30.7 Å². The number of hydrogen-bond donors (Lipinski definition) is 1. The SMILES string of the molecule is CCNC(=O)CN1C(=O)C(=O)c2cc(F)cc(F)c21. The van der Waals surface area contributed by atoms with Crippen LogP contribution in [-0.2, 0) is 9.59 Å². The average Bonchev–Trinajstić information content (AvgIpc) is 2.55. The molecule has 0 spiro atoms. The number of halogens is 2. The average molecular weight is 268 g/mol. The lowest BCUT2D eigenvalue weighted by atomic mass is 10.1. The molecular formula is C12H10F2N2O3. The molecule has 19 heavy (non-hydrogen) atoms. The molecule has 2 amide bonds. The Morgan fingerprint density at radius 2 is 2.00 bits per heavy atom. The van der Waals surface area contributed by atoms with E-state index >= 15 is 0 Å². The number of Topliss-reactive ketones (excluding diaryl/α,β-unsaturated/α-hetero) is 1. The van der Waals surface area contributed by atoms with Crippen LogP contribution in [0.25, 0.3) is 0 Å². The number of hydrogen-bond acceptors (Lipinski definition) is 3. The van der Waals surface area contributed by atoms with E-state index in [2.05, 4.69) is 5.32 Å². The van der Waals surface area contributed by atoms with Crippen LogP contribution >= 0.6 is 0 Å². The summed E-state index contributed by atoms with van der Waals surface area (Å²) in [5, 5.41) is 2.43. The molecule has 1 aliphatic heterocycles. The van der Waals surface area contributed by atoms with E-state index in [1.54, 1.807) is 6.92 Å².